The van der Waals surface area contributed by atoms with E-state index >= 15 is 0 Å². The van der Waals surface area contributed by atoms with Gasteiger partial charge in [0.2, 0.25) is 0 Å². The summed E-state index contributed by atoms with van der Waals surface area (Å²) in [5.74, 6) is -0.791. The average molecular weight is 603 g/mol. The number of alkyl halides is 3. The third kappa shape index (κ3) is 7.70. The lowest BCUT2D eigenvalue weighted by Crippen LogP contribution is -2.35. The van der Waals surface area contributed by atoms with Crippen LogP contribution in [-0.2, 0) is 38.6 Å². The highest BCUT2D eigenvalue weighted by atomic mass is 32.2. The Balaban J connectivity index is 1.45. The van der Waals surface area contributed by atoms with Gasteiger partial charge in [-0.05, 0) is 67.9 Å². The van der Waals surface area contributed by atoms with Gasteiger partial charge < -0.3 is 9.84 Å². The highest BCUT2D eigenvalue weighted by Gasteiger charge is 2.37. The van der Waals surface area contributed by atoms with E-state index in [0.717, 1.165) is 24.5 Å². The van der Waals surface area contributed by atoms with E-state index in [-0.39, 0.29) is 29.4 Å². The number of hydrogen-bond acceptors (Lipinski definition) is 6. The molecule has 2 N–H and O–H groups in total. The molecule has 4 rings (SSSR count). The number of para-hydroxylation sites is 1. The van der Waals surface area contributed by atoms with Crippen LogP contribution in [0.25, 0.3) is 0 Å². The second-order valence-electron chi connectivity index (χ2n) is 10.2. The lowest BCUT2D eigenvalue weighted by atomic mass is 9.85. The standard InChI is InChI=1S/C31H33F3N2O5S/c1-2-9-27-24(18-16-21-10-4-3-5-11-21)29(37)25(30(38)41-27)14-8-13-22-12-6-7-15-26(22)36-42(39,40)28-19-17-23(20-35-28)31(32,33)34/h3-7,10-12,15,17,19-20,24,27,36-37H,2,8-9,13-14,16,18H2,1H3/t24?,27-/m1/s1. The van der Waals surface area contributed by atoms with Gasteiger partial charge in [-0.3, -0.25) is 4.72 Å². The van der Waals surface area contributed by atoms with Gasteiger partial charge in [0, 0.05) is 6.20 Å². The van der Waals surface area contributed by atoms with Crippen LogP contribution in [0.5, 0.6) is 0 Å². The van der Waals surface area contributed by atoms with Gasteiger partial charge in [-0.1, -0.05) is 61.9 Å². The summed E-state index contributed by atoms with van der Waals surface area (Å²) >= 11 is 0. The molecular weight excluding hydrogens is 569 g/mol. The Morgan fingerprint density at radius 1 is 0.952 bits per heavy atom. The molecule has 0 saturated heterocycles. The molecule has 0 spiro atoms. The number of ether oxygens (including phenoxy) is 1. The van der Waals surface area contributed by atoms with Crippen molar-refractivity contribution in [3.8, 4) is 0 Å². The number of carbonyl (C=O) groups is 1. The summed E-state index contributed by atoms with van der Waals surface area (Å²) in [6.45, 7) is 2.00. The molecule has 0 amide bonds. The van der Waals surface area contributed by atoms with Crippen molar-refractivity contribution in [2.75, 3.05) is 4.72 Å². The Morgan fingerprint density at radius 3 is 2.33 bits per heavy atom. The molecule has 42 heavy (non-hydrogen) atoms. The number of nitrogens with one attached hydrogen (secondary N) is 1. The average Bonchev–Trinajstić information content (AvgIpc) is 2.95. The first kappa shape index (κ1) is 31.1. The number of cyclic esters (lactones) is 1. The number of nitrogens with zero attached hydrogens (tertiary/aromatic N) is 1. The van der Waals surface area contributed by atoms with E-state index < -0.39 is 38.9 Å². The summed E-state index contributed by atoms with van der Waals surface area (Å²) in [4.78, 5) is 16.3. The van der Waals surface area contributed by atoms with Gasteiger partial charge in [-0.15, -0.1) is 0 Å². The Hall–Kier alpha value is -3.86. The first-order chi connectivity index (χ1) is 20.0. The number of rotatable bonds is 12. The van der Waals surface area contributed by atoms with Gasteiger partial charge >= 0.3 is 12.1 Å². The molecule has 2 atom stereocenters. The fraction of sp³-hybridized carbons (Fsp3) is 0.355. The summed E-state index contributed by atoms with van der Waals surface area (Å²) in [6.07, 6.45) is -0.768. The number of halogens is 3. The maximum atomic E-state index is 12.8. The predicted molar refractivity (Wildman–Crippen MR) is 152 cm³/mol. The molecule has 0 saturated carbocycles. The van der Waals surface area contributed by atoms with E-state index in [0.29, 0.717) is 43.5 Å². The zero-order valence-electron chi connectivity index (χ0n) is 23.1. The lowest BCUT2D eigenvalue weighted by molar-refractivity contribution is -0.151. The normalized spacial score (nSPS) is 17.7. The van der Waals surface area contributed by atoms with Crippen molar-refractivity contribution in [3.63, 3.8) is 0 Å². The Kier molecular flexibility index (Phi) is 9.93. The first-order valence-corrected chi connectivity index (χ1v) is 15.3. The molecule has 2 aromatic carbocycles. The zero-order valence-corrected chi connectivity index (χ0v) is 23.9. The number of benzene rings is 2. The van der Waals surface area contributed by atoms with E-state index in [2.05, 4.69) is 9.71 Å². The second kappa shape index (κ2) is 13.4. The first-order valence-electron chi connectivity index (χ1n) is 13.8. The quantitative estimate of drug-likeness (QED) is 0.216. The molecule has 0 fully saturated rings. The Labute approximate surface area is 243 Å². The molecule has 1 aliphatic heterocycles. The maximum absolute atomic E-state index is 12.8. The smallest absolute Gasteiger partial charge is 0.417 e. The number of sulfonamides is 1. The largest absolute Gasteiger partial charge is 0.511 e. The number of anilines is 1. The molecular formula is C31H33F3N2O5S. The minimum Gasteiger partial charge on any atom is -0.511 e. The van der Waals surface area contributed by atoms with Gasteiger partial charge in [0.05, 0.1) is 22.7 Å². The van der Waals surface area contributed by atoms with Crippen LogP contribution in [0.3, 0.4) is 0 Å². The maximum Gasteiger partial charge on any atom is 0.417 e. The highest BCUT2D eigenvalue weighted by Crippen LogP contribution is 2.35. The number of hydrogen-bond donors (Lipinski definition) is 2. The van der Waals surface area contributed by atoms with Gasteiger partial charge in [-0.2, -0.15) is 21.6 Å². The summed E-state index contributed by atoms with van der Waals surface area (Å²) in [7, 11) is -4.26. The van der Waals surface area contributed by atoms with Crippen molar-refractivity contribution in [1.29, 1.82) is 0 Å². The summed E-state index contributed by atoms with van der Waals surface area (Å²) in [5, 5.41) is 10.6. The lowest BCUT2D eigenvalue weighted by Gasteiger charge is -2.32. The Morgan fingerprint density at radius 2 is 1.67 bits per heavy atom. The van der Waals surface area contributed by atoms with E-state index in [4.69, 9.17) is 4.74 Å². The number of aryl methyl sites for hydroxylation is 2. The van der Waals surface area contributed by atoms with Gasteiger partial charge in [0.25, 0.3) is 10.0 Å². The molecule has 1 aromatic heterocycles. The van der Waals surface area contributed by atoms with Crippen LogP contribution in [0.2, 0.25) is 0 Å². The third-order valence-corrected chi connectivity index (χ3v) is 8.53. The molecule has 3 aromatic rings. The molecule has 224 valence electrons. The fourth-order valence-electron chi connectivity index (χ4n) is 5.06. The molecule has 7 nitrogen and oxygen atoms in total. The zero-order chi connectivity index (χ0) is 30.3. The van der Waals surface area contributed by atoms with Crippen molar-refractivity contribution < 1.29 is 36.2 Å². The van der Waals surface area contributed by atoms with Gasteiger partial charge in [-0.25, -0.2) is 9.78 Å². The van der Waals surface area contributed by atoms with E-state index in [1.54, 1.807) is 18.2 Å². The van der Waals surface area contributed by atoms with Crippen molar-refractivity contribution in [2.45, 2.75) is 69.2 Å². The monoisotopic (exact) mass is 602 g/mol. The van der Waals surface area contributed by atoms with E-state index in [1.807, 2.05) is 37.3 Å². The molecule has 0 aliphatic carbocycles. The van der Waals surface area contributed by atoms with Crippen LogP contribution >= 0.6 is 0 Å². The predicted octanol–water partition coefficient (Wildman–Crippen LogP) is 7.01. The molecule has 1 aliphatic rings. The number of carbonyl (C=O) groups excluding carboxylic acids is 1. The van der Waals surface area contributed by atoms with Crippen molar-refractivity contribution in [1.82, 2.24) is 4.98 Å². The topological polar surface area (TPSA) is 106 Å². The minimum absolute atomic E-state index is 0.0583. The molecule has 11 heteroatoms. The number of aliphatic hydroxyl groups is 1. The van der Waals surface area contributed by atoms with Crippen molar-refractivity contribution >= 4 is 21.7 Å². The minimum atomic E-state index is -4.64. The molecule has 1 unspecified atom stereocenters. The van der Waals surface area contributed by atoms with Crippen LogP contribution < -0.4 is 4.72 Å². The molecule has 0 bridgehead atoms. The number of esters is 1. The molecule has 0 radical (unpaired) electrons. The van der Waals surface area contributed by atoms with Crippen molar-refractivity contribution in [2.24, 2.45) is 5.92 Å². The SMILES string of the molecule is CCC[C@H]1OC(=O)C(CCCc2ccccc2NS(=O)(=O)c2ccc(C(F)(F)F)cn2)=C(O)C1CCc1ccccc1. The number of pyridine rings is 1. The van der Waals surface area contributed by atoms with Crippen LogP contribution in [0.4, 0.5) is 18.9 Å². The third-order valence-electron chi connectivity index (χ3n) is 7.25. The van der Waals surface area contributed by atoms with Crippen LogP contribution in [0.15, 0.2) is 89.3 Å². The fourth-order valence-corrected chi connectivity index (χ4v) is 6.09. The van der Waals surface area contributed by atoms with Gasteiger partial charge in [0.1, 0.15) is 11.9 Å². The number of aliphatic hydroxyl groups excluding tert-OH is 1. The van der Waals surface area contributed by atoms with Crippen molar-refractivity contribution in [3.05, 3.63) is 101 Å². The summed E-state index contributed by atoms with van der Waals surface area (Å²) in [5.41, 5.74) is 1.16. The van der Waals surface area contributed by atoms with Crippen LogP contribution in [0.1, 0.15) is 55.7 Å². The summed E-state index contributed by atoms with van der Waals surface area (Å²) in [6, 6.07) is 18.0. The van der Waals surface area contributed by atoms with Gasteiger partial charge in [0.15, 0.2) is 5.03 Å². The van der Waals surface area contributed by atoms with Crippen LogP contribution in [0, 0.1) is 5.92 Å². The Bertz CT molecular complexity index is 1510. The highest BCUT2D eigenvalue weighted by molar-refractivity contribution is 7.92. The van der Waals surface area contributed by atoms with Crippen LogP contribution in [-0.4, -0.2) is 30.6 Å². The summed E-state index contributed by atoms with van der Waals surface area (Å²) < 4.78 is 72.4. The molecule has 2 heterocycles. The van der Waals surface area contributed by atoms with E-state index in [1.165, 1.54) is 6.07 Å². The second-order valence-corrected chi connectivity index (χ2v) is 11.9. The number of aromatic nitrogens is 1. The van der Waals surface area contributed by atoms with E-state index in [9.17, 15) is 31.5 Å².